The number of carbonyl (C=O) groups is 1. The molecule has 3 unspecified atom stereocenters. The highest BCUT2D eigenvalue weighted by molar-refractivity contribution is 5.76. The summed E-state index contributed by atoms with van der Waals surface area (Å²) in [7, 11) is 0. The van der Waals surface area contributed by atoms with Gasteiger partial charge in [0.15, 0.2) is 0 Å². The van der Waals surface area contributed by atoms with E-state index >= 15 is 0 Å². The van der Waals surface area contributed by atoms with Crippen LogP contribution in [0.1, 0.15) is 232 Å². The first kappa shape index (κ1) is 48.8. The van der Waals surface area contributed by atoms with Crippen molar-refractivity contribution in [3.63, 3.8) is 0 Å². The molecule has 296 valence electrons. The van der Waals surface area contributed by atoms with Gasteiger partial charge in [-0.2, -0.15) is 0 Å². The number of hydrogen-bond acceptors (Lipinski definition) is 4. The van der Waals surface area contributed by atoms with E-state index in [1.807, 2.05) is 0 Å². The number of amides is 1. The lowest BCUT2D eigenvalue weighted by atomic mass is 10.0. The molecule has 0 saturated carbocycles. The molecule has 0 aromatic heterocycles. The minimum Gasteiger partial charge on any atom is -0.394 e. The van der Waals surface area contributed by atoms with Crippen molar-refractivity contribution in [2.75, 3.05) is 6.61 Å². The molecule has 0 spiro atoms. The molecule has 0 radical (unpaired) electrons. The molecule has 1 amide bonds. The van der Waals surface area contributed by atoms with Gasteiger partial charge in [-0.1, -0.05) is 186 Å². The quantitative estimate of drug-likeness (QED) is 0.0377. The van der Waals surface area contributed by atoms with Crippen LogP contribution < -0.4 is 5.32 Å². The maximum Gasteiger partial charge on any atom is 0.220 e. The fraction of sp³-hybridized carbons (Fsp3) is 0.889. The minimum absolute atomic E-state index is 0.158. The summed E-state index contributed by atoms with van der Waals surface area (Å²) in [6, 6.07) is -0.826. The van der Waals surface area contributed by atoms with Crippen LogP contribution in [0, 0.1) is 0 Å². The topological polar surface area (TPSA) is 89.8 Å². The van der Waals surface area contributed by atoms with Gasteiger partial charge in [0.25, 0.3) is 0 Å². The summed E-state index contributed by atoms with van der Waals surface area (Å²) < 4.78 is 0. The zero-order valence-corrected chi connectivity index (χ0v) is 33.5. The molecule has 4 N–H and O–H groups in total. The largest absolute Gasteiger partial charge is 0.394 e. The van der Waals surface area contributed by atoms with E-state index in [1.165, 1.54) is 167 Å². The van der Waals surface area contributed by atoms with Gasteiger partial charge in [-0.05, 0) is 64.2 Å². The predicted molar refractivity (Wildman–Crippen MR) is 218 cm³/mol. The Kier molecular flexibility index (Phi) is 39.6. The lowest BCUT2D eigenvalue weighted by molar-refractivity contribution is -0.124. The first-order valence-corrected chi connectivity index (χ1v) is 22.1. The van der Waals surface area contributed by atoms with E-state index in [4.69, 9.17) is 0 Å². The van der Waals surface area contributed by atoms with Crippen molar-refractivity contribution in [2.24, 2.45) is 0 Å². The standard InChI is InChI=1S/C45H87NO4/c1-3-5-7-9-11-13-15-17-19-21-22-24-26-28-30-32-34-36-38-40-44(49)46-42(41-47)45(50)43(48)39-37-35-33-31-29-27-25-23-20-18-16-14-12-10-8-6-4-2/h21-22,31,33,42-43,45,47-48,50H,3-20,23-30,32,34-41H2,1-2H3,(H,46,49)/b22-21-,33-31+. The van der Waals surface area contributed by atoms with Gasteiger partial charge in [0.1, 0.15) is 6.10 Å². The van der Waals surface area contributed by atoms with E-state index in [-0.39, 0.29) is 12.5 Å². The van der Waals surface area contributed by atoms with Crippen molar-refractivity contribution in [1.82, 2.24) is 5.32 Å². The number of hydrogen-bond donors (Lipinski definition) is 4. The molecule has 0 rings (SSSR count). The smallest absolute Gasteiger partial charge is 0.220 e. The second-order valence-corrected chi connectivity index (χ2v) is 15.2. The van der Waals surface area contributed by atoms with E-state index in [9.17, 15) is 20.1 Å². The number of nitrogens with one attached hydrogen (secondary N) is 1. The monoisotopic (exact) mass is 706 g/mol. The summed E-state index contributed by atoms with van der Waals surface area (Å²) in [6.45, 7) is 4.17. The summed E-state index contributed by atoms with van der Waals surface area (Å²) >= 11 is 0. The lowest BCUT2D eigenvalue weighted by Crippen LogP contribution is -2.50. The minimum atomic E-state index is -1.16. The molecule has 0 aliphatic heterocycles. The van der Waals surface area contributed by atoms with Crippen molar-refractivity contribution in [3.05, 3.63) is 24.3 Å². The molecule has 5 heteroatoms. The molecule has 3 atom stereocenters. The van der Waals surface area contributed by atoms with Gasteiger partial charge in [-0.15, -0.1) is 0 Å². The van der Waals surface area contributed by atoms with E-state index < -0.39 is 18.2 Å². The van der Waals surface area contributed by atoms with E-state index in [2.05, 4.69) is 43.5 Å². The van der Waals surface area contributed by atoms with Gasteiger partial charge in [0, 0.05) is 6.42 Å². The van der Waals surface area contributed by atoms with E-state index in [1.54, 1.807) is 0 Å². The Morgan fingerprint density at radius 2 is 0.800 bits per heavy atom. The molecule has 0 aliphatic carbocycles. The van der Waals surface area contributed by atoms with Crippen molar-refractivity contribution in [3.8, 4) is 0 Å². The zero-order valence-electron chi connectivity index (χ0n) is 33.5. The second-order valence-electron chi connectivity index (χ2n) is 15.2. The van der Waals surface area contributed by atoms with Crippen LogP contribution in [0.2, 0.25) is 0 Å². The van der Waals surface area contributed by atoms with Crippen molar-refractivity contribution in [1.29, 1.82) is 0 Å². The van der Waals surface area contributed by atoms with Gasteiger partial charge < -0.3 is 20.6 Å². The Balaban J connectivity index is 3.67. The number of aliphatic hydroxyl groups is 3. The van der Waals surface area contributed by atoms with Crippen LogP contribution in [0.15, 0.2) is 24.3 Å². The van der Waals surface area contributed by atoms with Crippen LogP contribution in [0.25, 0.3) is 0 Å². The molecule has 0 fully saturated rings. The number of carbonyl (C=O) groups excluding carboxylic acids is 1. The predicted octanol–water partition coefficient (Wildman–Crippen LogP) is 12.6. The first-order valence-electron chi connectivity index (χ1n) is 22.1. The molecule has 0 heterocycles. The third-order valence-corrected chi connectivity index (χ3v) is 10.3. The Morgan fingerprint density at radius 1 is 0.480 bits per heavy atom. The van der Waals surface area contributed by atoms with Crippen molar-refractivity contribution >= 4 is 5.91 Å². The average Bonchev–Trinajstić information content (AvgIpc) is 3.12. The fourth-order valence-electron chi connectivity index (χ4n) is 6.80. The summed E-state index contributed by atoms with van der Waals surface area (Å²) in [6.07, 6.45) is 48.6. The highest BCUT2D eigenvalue weighted by Gasteiger charge is 2.26. The number of rotatable bonds is 40. The molecule has 50 heavy (non-hydrogen) atoms. The summed E-state index contributed by atoms with van der Waals surface area (Å²) in [5.41, 5.74) is 0. The van der Waals surface area contributed by atoms with Crippen molar-refractivity contribution < 1.29 is 20.1 Å². The molecule has 0 aliphatic rings. The van der Waals surface area contributed by atoms with E-state index in [0.717, 1.165) is 38.5 Å². The zero-order chi connectivity index (χ0) is 36.6. The SMILES string of the molecule is CCCCCCCCCC/C=C\CCCCCCCCCC(=O)NC(CO)C(O)C(O)CCC/C=C/CCCCCCCCCCCCCC. The third kappa shape index (κ3) is 35.2. The Labute approximate surface area is 312 Å². The van der Waals surface area contributed by atoms with Crippen LogP contribution in [0.3, 0.4) is 0 Å². The maximum atomic E-state index is 12.4. The molecule has 0 aromatic carbocycles. The van der Waals surface area contributed by atoms with Crippen LogP contribution in [0.4, 0.5) is 0 Å². The van der Waals surface area contributed by atoms with Crippen LogP contribution in [-0.4, -0.2) is 46.1 Å². The average molecular weight is 706 g/mol. The molecule has 5 nitrogen and oxygen atoms in total. The van der Waals surface area contributed by atoms with Gasteiger partial charge in [-0.3, -0.25) is 4.79 Å². The van der Waals surface area contributed by atoms with E-state index in [0.29, 0.717) is 12.8 Å². The summed E-state index contributed by atoms with van der Waals surface area (Å²) in [5.74, 6) is -0.158. The summed E-state index contributed by atoms with van der Waals surface area (Å²) in [5, 5.41) is 33.5. The van der Waals surface area contributed by atoms with Gasteiger partial charge in [0.05, 0.1) is 18.8 Å². The second kappa shape index (κ2) is 40.6. The van der Waals surface area contributed by atoms with Gasteiger partial charge >= 0.3 is 0 Å². The Morgan fingerprint density at radius 3 is 1.16 bits per heavy atom. The van der Waals surface area contributed by atoms with Gasteiger partial charge in [0.2, 0.25) is 5.91 Å². The fourth-order valence-corrected chi connectivity index (χ4v) is 6.80. The normalized spacial score (nSPS) is 13.8. The van der Waals surface area contributed by atoms with Crippen LogP contribution in [0.5, 0.6) is 0 Å². The Hall–Kier alpha value is -1.17. The molecular weight excluding hydrogens is 618 g/mol. The Bertz CT molecular complexity index is 739. The number of allylic oxidation sites excluding steroid dienone is 4. The highest BCUT2D eigenvalue weighted by atomic mass is 16.3. The molecule has 0 bridgehead atoms. The van der Waals surface area contributed by atoms with Crippen LogP contribution in [-0.2, 0) is 4.79 Å². The summed E-state index contributed by atoms with van der Waals surface area (Å²) in [4.78, 5) is 12.4. The molecule has 0 saturated heterocycles. The lowest BCUT2D eigenvalue weighted by Gasteiger charge is -2.26. The first-order chi connectivity index (χ1) is 24.6. The highest BCUT2D eigenvalue weighted by Crippen LogP contribution is 2.15. The molecule has 0 aromatic rings. The number of aliphatic hydroxyl groups excluding tert-OH is 3. The molecular formula is C45H87NO4. The van der Waals surface area contributed by atoms with Crippen molar-refractivity contribution in [2.45, 2.75) is 250 Å². The van der Waals surface area contributed by atoms with Crippen LogP contribution >= 0.6 is 0 Å². The third-order valence-electron chi connectivity index (χ3n) is 10.3. The maximum absolute atomic E-state index is 12.4. The number of unbranched alkanes of at least 4 members (excludes halogenated alkanes) is 28. The van der Waals surface area contributed by atoms with Gasteiger partial charge in [-0.25, -0.2) is 0 Å².